The number of carbonyl (C=O) groups excluding carboxylic acids is 3. The van der Waals surface area contributed by atoms with Gasteiger partial charge in [0, 0.05) is 32.6 Å². The number of amides is 1. The van der Waals surface area contributed by atoms with Gasteiger partial charge in [-0.15, -0.1) is 0 Å². The minimum atomic E-state index is -4.02. The average molecular weight is 964 g/mol. The van der Waals surface area contributed by atoms with Crippen molar-refractivity contribution in [2.75, 3.05) is 46.1 Å². The molecule has 0 radical (unpaired) electrons. The molecule has 0 saturated carbocycles. The van der Waals surface area contributed by atoms with Gasteiger partial charge in [-0.25, -0.2) is 17.8 Å². The molecular formula is C46H66N3O15PS. The Bertz CT molecular complexity index is 2090. The second-order valence-electron chi connectivity index (χ2n) is 16.3. The Morgan fingerprint density at radius 3 is 2.17 bits per heavy atom. The Kier molecular flexibility index (Phi) is 24.0. The van der Waals surface area contributed by atoms with Gasteiger partial charge in [-0.2, -0.15) is 13.9 Å². The molecule has 18 nitrogen and oxygen atoms in total. The summed E-state index contributed by atoms with van der Waals surface area (Å²) in [7, 11) is -5.94. The maximum Gasteiger partial charge on any atom is 0.407 e. The summed E-state index contributed by atoms with van der Waals surface area (Å²) >= 11 is 0. The predicted molar refractivity (Wildman–Crippen MR) is 243 cm³/mol. The topological polar surface area (TPSA) is 243 Å². The first kappa shape index (κ1) is 55.6. The number of para-hydroxylation sites is 1. The zero-order valence-electron chi connectivity index (χ0n) is 38.5. The molecular weight excluding hydrogens is 898 g/mol. The minimum Gasteiger partial charge on any atom is -0.497 e. The van der Waals surface area contributed by atoms with Gasteiger partial charge in [-0.1, -0.05) is 69.7 Å². The summed E-state index contributed by atoms with van der Waals surface area (Å²) in [5, 5.41) is 25.9. The number of hydrogen-bond donors (Lipinski definition) is 4. The van der Waals surface area contributed by atoms with E-state index < -0.39 is 54.2 Å². The Morgan fingerprint density at radius 1 is 0.939 bits per heavy atom. The number of rotatable bonds is 24. The van der Waals surface area contributed by atoms with Gasteiger partial charge in [0.05, 0.1) is 55.5 Å². The lowest BCUT2D eigenvalue weighted by molar-refractivity contribution is -0.191. The fourth-order valence-electron chi connectivity index (χ4n) is 6.97. The van der Waals surface area contributed by atoms with Crippen molar-refractivity contribution in [2.45, 2.75) is 109 Å². The highest BCUT2D eigenvalue weighted by Crippen LogP contribution is 2.49. The summed E-state index contributed by atoms with van der Waals surface area (Å²) < 4.78 is 76.2. The van der Waals surface area contributed by atoms with E-state index in [1.54, 1.807) is 24.3 Å². The van der Waals surface area contributed by atoms with Crippen molar-refractivity contribution in [1.29, 1.82) is 0 Å². The molecule has 1 unspecified atom stereocenters. The molecule has 5 rings (SSSR count). The number of carboxylic acid groups (broad SMARTS) is 1. The number of carbonyl (C=O) groups is 2. The zero-order valence-corrected chi connectivity index (χ0v) is 40.2. The van der Waals surface area contributed by atoms with Crippen molar-refractivity contribution in [2.24, 2.45) is 11.8 Å². The summed E-state index contributed by atoms with van der Waals surface area (Å²) in [5.41, 5.74) is 1.75. The largest absolute Gasteiger partial charge is 0.497 e. The summed E-state index contributed by atoms with van der Waals surface area (Å²) in [4.78, 5) is 39.4. The summed E-state index contributed by atoms with van der Waals surface area (Å²) in [6, 6.07) is 21.7. The predicted octanol–water partition coefficient (Wildman–Crippen LogP) is 6.27. The Balaban J connectivity index is 0.00000104. The third kappa shape index (κ3) is 19.3. The van der Waals surface area contributed by atoms with E-state index in [0.717, 1.165) is 24.0 Å². The van der Waals surface area contributed by atoms with Crippen LogP contribution in [0.15, 0.2) is 83.8 Å². The zero-order chi connectivity index (χ0) is 48.7. The smallest absolute Gasteiger partial charge is 0.407 e. The van der Waals surface area contributed by atoms with E-state index in [2.05, 4.69) is 10.6 Å². The van der Waals surface area contributed by atoms with Crippen LogP contribution in [0.1, 0.15) is 71.4 Å². The minimum absolute atomic E-state index is 0.0530. The number of alkyl carbamates (subject to hydrolysis) is 1. The number of methoxy groups -OCH3 is 1. The van der Waals surface area contributed by atoms with Crippen LogP contribution in [-0.4, -0.2) is 118 Å². The lowest BCUT2D eigenvalue weighted by atomic mass is 10.00. The molecule has 2 aliphatic heterocycles. The van der Waals surface area contributed by atoms with E-state index in [9.17, 15) is 27.7 Å². The van der Waals surface area contributed by atoms with Crippen LogP contribution in [0.25, 0.3) is 0 Å². The highest BCUT2D eigenvalue weighted by atomic mass is 32.2. The molecule has 1 amide bonds. The molecule has 0 bridgehead atoms. The Labute approximate surface area is 388 Å². The highest BCUT2D eigenvalue weighted by molar-refractivity contribution is 7.89. The lowest BCUT2D eigenvalue weighted by Gasteiger charge is -2.31. The van der Waals surface area contributed by atoms with Crippen molar-refractivity contribution in [1.82, 2.24) is 14.9 Å². The molecule has 366 valence electrons. The number of hydrogen-bond acceptors (Lipinski definition) is 15. The molecule has 2 heterocycles. The number of carboxylic acids is 1. The van der Waals surface area contributed by atoms with Gasteiger partial charge in [0.2, 0.25) is 10.0 Å². The third-order valence-electron chi connectivity index (χ3n) is 10.1. The van der Waals surface area contributed by atoms with Gasteiger partial charge < -0.3 is 44.3 Å². The SMILES string of the molecule is CCCCC(=O)O.COc1ccc(S(=O)(=O)N(CC(C)C)C[C@@H](O)[C@H](Cc2ccc(CNCCP(=O)(Oc3ccccc3)OC(C)C)cc2)NC(=O)O[C@H]2CO[C@H]3OCC[C@H]32)cc1.O=C=O. The number of nitrogens with zero attached hydrogens (tertiary/aromatic N) is 1. The van der Waals surface area contributed by atoms with Gasteiger partial charge in [0.15, 0.2) is 6.29 Å². The first-order valence-electron chi connectivity index (χ1n) is 22.0. The third-order valence-corrected chi connectivity index (χ3v) is 14.0. The van der Waals surface area contributed by atoms with Gasteiger partial charge >= 0.3 is 25.8 Å². The summed E-state index contributed by atoms with van der Waals surface area (Å²) in [6.07, 6.45) is 0.158. The number of benzene rings is 3. The van der Waals surface area contributed by atoms with E-state index in [4.69, 9.17) is 42.7 Å². The van der Waals surface area contributed by atoms with Crippen LogP contribution in [0, 0.1) is 11.8 Å². The fraction of sp³-hybridized carbons (Fsp3) is 0.543. The first-order valence-corrected chi connectivity index (χ1v) is 25.1. The molecule has 2 saturated heterocycles. The van der Waals surface area contributed by atoms with Gasteiger partial charge in [-0.05, 0) is 86.6 Å². The van der Waals surface area contributed by atoms with Crippen molar-refractivity contribution < 1.29 is 70.4 Å². The van der Waals surface area contributed by atoms with Gasteiger partial charge in [0.25, 0.3) is 0 Å². The molecule has 6 atom stereocenters. The summed E-state index contributed by atoms with van der Waals surface area (Å²) in [5.74, 6) is 0.175. The van der Waals surface area contributed by atoms with Crippen molar-refractivity contribution in [3.05, 3.63) is 90.0 Å². The van der Waals surface area contributed by atoms with E-state index in [1.807, 2.05) is 77.1 Å². The van der Waals surface area contributed by atoms with Crippen LogP contribution in [0.4, 0.5) is 4.79 Å². The molecule has 4 N–H and O–H groups in total. The molecule has 0 aromatic heterocycles. The number of unbranched alkanes of at least 4 members (excludes halogenated alkanes) is 1. The molecule has 2 aliphatic rings. The van der Waals surface area contributed by atoms with Crippen LogP contribution >= 0.6 is 7.60 Å². The molecule has 3 aromatic rings. The van der Waals surface area contributed by atoms with Crippen molar-refractivity contribution in [3.8, 4) is 11.5 Å². The molecule has 20 heteroatoms. The molecule has 2 fully saturated rings. The molecule has 0 spiro atoms. The number of aliphatic hydroxyl groups excluding tert-OH is 1. The highest BCUT2D eigenvalue weighted by Gasteiger charge is 2.44. The van der Waals surface area contributed by atoms with Crippen LogP contribution in [-0.2, 0) is 60.7 Å². The fourth-order valence-corrected chi connectivity index (χ4v) is 10.3. The van der Waals surface area contributed by atoms with Gasteiger partial charge in [-0.3, -0.25) is 9.32 Å². The average Bonchev–Trinajstić information content (AvgIpc) is 3.90. The number of aliphatic carboxylic acids is 1. The first-order chi connectivity index (χ1) is 31.4. The normalized spacial score (nSPS) is 18.4. The number of sulfonamides is 1. The maximum atomic E-state index is 13.9. The van der Waals surface area contributed by atoms with Crippen molar-refractivity contribution in [3.63, 3.8) is 0 Å². The second kappa shape index (κ2) is 28.5. The molecule has 66 heavy (non-hydrogen) atoms. The Morgan fingerprint density at radius 2 is 1.59 bits per heavy atom. The second-order valence-corrected chi connectivity index (χ2v) is 20.3. The monoisotopic (exact) mass is 963 g/mol. The van der Waals surface area contributed by atoms with Crippen LogP contribution in [0.3, 0.4) is 0 Å². The summed E-state index contributed by atoms with van der Waals surface area (Å²) in [6.45, 7) is 10.8. The number of ether oxygens (including phenoxy) is 4. The van der Waals surface area contributed by atoms with Crippen molar-refractivity contribution >= 4 is 35.8 Å². The van der Waals surface area contributed by atoms with Crippen LogP contribution in [0.2, 0.25) is 0 Å². The lowest BCUT2D eigenvalue weighted by Crippen LogP contribution is -2.51. The molecule has 0 aliphatic carbocycles. The van der Waals surface area contributed by atoms with E-state index in [-0.39, 0.29) is 61.3 Å². The van der Waals surface area contributed by atoms with Crippen LogP contribution in [0.5, 0.6) is 11.5 Å². The van der Waals surface area contributed by atoms with Crippen LogP contribution < -0.4 is 19.9 Å². The van der Waals surface area contributed by atoms with E-state index >= 15 is 0 Å². The quantitative estimate of drug-likeness (QED) is 0.0571. The number of aliphatic hydroxyl groups is 1. The Hall–Kier alpha value is -4.68. The standard InChI is InChI=1S/C40H56N3O11PS.C5H10O2.CO2/c1-28(2)25-43(56(47,48)34-17-15-32(49-5)16-18-34)26-37(44)36(42-40(45)52-38-27-51-39-35(38)19-21-50-39)23-30-11-13-31(14-12-30)24-41-20-22-55(46,53-29(3)4)54-33-9-7-6-8-10-33;1-2-3-4-5(6)7;2-1-3/h6-18,28-29,35-39,41,44H,19-27H2,1-5H3,(H,42,45);2-4H2,1H3,(H,6,7);/t35-,36-,37+,38-,39+,55?;;/m0../s1. The van der Waals surface area contributed by atoms with Gasteiger partial charge in [0.1, 0.15) is 17.6 Å². The number of nitrogens with one attached hydrogen (secondary N) is 2. The maximum absolute atomic E-state index is 13.9. The van der Waals surface area contributed by atoms with E-state index in [1.165, 1.54) is 23.5 Å². The number of fused-ring (bicyclic) bond motifs is 1. The molecule has 3 aromatic carbocycles. The van der Waals surface area contributed by atoms with E-state index in [0.29, 0.717) is 44.0 Å².